The summed E-state index contributed by atoms with van der Waals surface area (Å²) >= 11 is 10.2. The van der Waals surface area contributed by atoms with E-state index in [0.717, 1.165) is 16.9 Å². The minimum Gasteiger partial charge on any atom is -0.488 e. The Morgan fingerprint density at radius 2 is 1.61 bits per heavy atom. The van der Waals surface area contributed by atoms with E-state index < -0.39 is 0 Å². The van der Waals surface area contributed by atoms with E-state index in [0.29, 0.717) is 16.1 Å². The third-order valence-corrected chi connectivity index (χ3v) is 3.68. The number of nitrogens with one attached hydrogen (secondary N) is 2. The fourth-order valence-electron chi connectivity index (χ4n) is 1.98. The molecule has 0 unspecified atom stereocenters. The van der Waals surface area contributed by atoms with Gasteiger partial charge in [-0.2, -0.15) is 9.78 Å². The summed E-state index contributed by atoms with van der Waals surface area (Å²) in [6.07, 6.45) is 1.67. The number of aromatic nitrogens is 3. The van der Waals surface area contributed by atoms with Crippen molar-refractivity contribution in [2.75, 3.05) is 0 Å². The van der Waals surface area contributed by atoms with Crippen LogP contribution in [0.5, 0.6) is 5.75 Å². The van der Waals surface area contributed by atoms with Crippen LogP contribution in [0.2, 0.25) is 0 Å². The molecule has 116 valence electrons. The number of H-pyrrole nitrogens is 2. The van der Waals surface area contributed by atoms with Crippen molar-refractivity contribution in [1.29, 1.82) is 0 Å². The molecular formula is C16H14N4OS2. The summed E-state index contributed by atoms with van der Waals surface area (Å²) in [4.78, 5) is 0. The molecule has 0 saturated carbocycles. The molecule has 0 saturated heterocycles. The fraction of sp³-hybridized carbons (Fsp3) is 0.0625. The fourth-order valence-corrected chi connectivity index (χ4v) is 2.42. The quantitative estimate of drug-likeness (QED) is 0.543. The molecule has 5 nitrogen and oxygen atoms in total. The lowest BCUT2D eigenvalue weighted by Crippen LogP contribution is -1.99. The normalized spacial score (nSPS) is 11.0. The third kappa shape index (κ3) is 3.82. The Labute approximate surface area is 143 Å². The summed E-state index contributed by atoms with van der Waals surface area (Å²) in [6.45, 7) is 0.495. The van der Waals surface area contributed by atoms with Crippen molar-refractivity contribution in [1.82, 2.24) is 14.9 Å². The Balaban J connectivity index is 1.81. The van der Waals surface area contributed by atoms with Crippen molar-refractivity contribution >= 4 is 30.7 Å². The van der Waals surface area contributed by atoms with Crippen LogP contribution in [0.25, 0.3) is 0 Å². The number of nitrogens with zero attached hydrogens (tertiary/aromatic N) is 2. The van der Waals surface area contributed by atoms with Crippen LogP contribution < -0.4 is 4.74 Å². The lowest BCUT2D eigenvalue weighted by molar-refractivity contribution is 0.306. The van der Waals surface area contributed by atoms with E-state index in [2.05, 4.69) is 15.3 Å². The van der Waals surface area contributed by atoms with Gasteiger partial charge in [0, 0.05) is 5.56 Å². The molecular weight excluding hydrogens is 328 g/mol. The first-order chi connectivity index (χ1) is 11.2. The van der Waals surface area contributed by atoms with Crippen molar-refractivity contribution in [3.8, 4) is 5.75 Å². The molecule has 0 bridgehead atoms. The zero-order valence-corrected chi connectivity index (χ0v) is 13.7. The van der Waals surface area contributed by atoms with Crippen LogP contribution >= 0.6 is 24.4 Å². The highest BCUT2D eigenvalue weighted by Gasteiger charge is 2.02. The lowest BCUT2D eigenvalue weighted by atomic mass is 10.2. The molecule has 0 atom stereocenters. The molecule has 23 heavy (non-hydrogen) atoms. The Bertz CT molecular complexity index is 897. The second-order valence-corrected chi connectivity index (χ2v) is 5.50. The van der Waals surface area contributed by atoms with Gasteiger partial charge in [0.05, 0.1) is 6.21 Å². The van der Waals surface area contributed by atoms with Crippen LogP contribution in [0, 0.1) is 9.54 Å². The predicted octanol–water partition coefficient (Wildman–Crippen LogP) is 4.06. The zero-order valence-electron chi connectivity index (χ0n) is 12.1. The molecule has 3 aromatic rings. The molecule has 1 heterocycles. The standard InChI is InChI=1S/C16H14N4OS2/c22-15-18-19-16(23)20(15)17-10-13-8-4-5-9-14(13)21-11-12-6-2-1-3-7-12/h1-10H,11H2,(H,18,22)(H,19,23)/b17-10-. The summed E-state index contributed by atoms with van der Waals surface area (Å²) in [5.74, 6) is 0.747. The summed E-state index contributed by atoms with van der Waals surface area (Å²) in [5, 5.41) is 9.77. The number of hydrogen-bond donors (Lipinski definition) is 2. The van der Waals surface area contributed by atoms with Gasteiger partial charge < -0.3 is 4.74 Å². The average Bonchev–Trinajstić information content (AvgIpc) is 2.91. The summed E-state index contributed by atoms with van der Waals surface area (Å²) < 4.78 is 8.15. The highest BCUT2D eigenvalue weighted by molar-refractivity contribution is 7.72. The largest absolute Gasteiger partial charge is 0.488 e. The zero-order chi connectivity index (χ0) is 16.1. The van der Waals surface area contributed by atoms with Crippen LogP contribution in [0.3, 0.4) is 0 Å². The summed E-state index contributed by atoms with van der Waals surface area (Å²) in [6, 6.07) is 17.7. The van der Waals surface area contributed by atoms with Crippen molar-refractivity contribution < 1.29 is 4.74 Å². The topological polar surface area (TPSA) is 58.1 Å². The van der Waals surface area contributed by atoms with Crippen molar-refractivity contribution in [3.05, 3.63) is 75.3 Å². The summed E-state index contributed by atoms with van der Waals surface area (Å²) in [7, 11) is 0. The second kappa shape index (κ2) is 7.17. The van der Waals surface area contributed by atoms with Gasteiger partial charge >= 0.3 is 0 Å². The van der Waals surface area contributed by atoms with Gasteiger partial charge in [0.25, 0.3) is 0 Å². The third-order valence-electron chi connectivity index (χ3n) is 3.13. The Kier molecular flexibility index (Phi) is 4.80. The van der Waals surface area contributed by atoms with Crippen molar-refractivity contribution in [2.45, 2.75) is 6.61 Å². The number of aromatic amines is 2. The molecule has 2 aromatic carbocycles. The van der Waals surface area contributed by atoms with Crippen LogP contribution in [0.15, 0.2) is 59.7 Å². The maximum Gasteiger partial charge on any atom is 0.215 e. The SMILES string of the molecule is S=c1[nH][nH]c(=S)n1/N=C\c1ccccc1OCc1ccccc1. The average molecular weight is 342 g/mol. The highest BCUT2D eigenvalue weighted by atomic mass is 32.1. The highest BCUT2D eigenvalue weighted by Crippen LogP contribution is 2.17. The maximum absolute atomic E-state index is 5.89. The minimum absolute atomic E-state index is 0.411. The Morgan fingerprint density at radius 1 is 0.957 bits per heavy atom. The van der Waals surface area contributed by atoms with E-state index in [-0.39, 0.29) is 0 Å². The molecule has 1 aromatic heterocycles. The molecule has 0 spiro atoms. The molecule has 3 rings (SSSR count). The van der Waals surface area contributed by atoms with Gasteiger partial charge in [-0.3, -0.25) is 10.2 Å². The molecule has 0 aliphatic heterocycles. The van der Waals surface area contributed by atoms with E-state index in [1.54, 1.807) is 6.21 Å². The molecule has 0 aliphatic rings. The lowest BCUT2D eigenvalue weighted by Gasteiger charge is -2.08. The van der Waals surface area contributed by atoms with Gasteiger partial charge in [0.1, 0.15) is 12.4 Å². The van der Waals surface area contributed by atoms with Crippen molar-refractivity contribution in [3.63, 3.8) is 0 Å². The summed E-state index contributed by atoms with van der Waals surface area (Å²) in [5.41, 5.74) is 1.95. The van der Waals surface area contributed by atoms with Gasteiger partial charge in [-0.25, -0.2) is 0 Å². The number of benzene rings is 2. The van der Waals surface area contributed by atoms with Gasteiger partial charge in [0.2, 0.25) is 9.54 Å². The molecule has 0 aliphatic carbocycles. The molecule has 0 radical (unpaired) electrons. The van der Waals surface area contributed by atoms with Crippen LogP contribution in [-0.4, -0.2) is 21.1 Å². The van der Waals surface area contributed by atoms with Gasteiger partial charge in [-0.15, -0.1) is 0 Å². The smallest absolute Gasteiger partial charge is 0.215 e. The van der Waals surface area contributed by atoms with Crippen molar-refractivity contribution in [2.24, 2.45) is 5.10 Å². The van der Waals surface area contributed by atoms with Crippen LogP contribution in [-0.2, 0) is 6.61 Å². The predicted molar refractivity (Wildman–Crippen MR) is 95.0 cm³/mol. The number of para-hydroxylation sites is 1. The Morgan fingerprint density at radius 3 is 2.35 bits per heavy atom. The first-order valence-corrected chi connectivity index (χ1v) is 7.75. The van der Waals surface area contributed by atoms with Crippen LogP contribution in [0.4, 0.5) is 0 Å². The molecule has 0 amide bonds. The molecule has 7 heteroatoms. The Hall–Kier alpha value is -2.51. The van der Waals surface area contributed by atoms with E-state index in [1.165, 1.54) is 4.68 Å². The minimum atomic E-state index is 0.411. The molecule has 2 N–H and O–H groups in total. The number of hydrogen-bond acceptors (Lipinski definition) is 4. The van der Waals surface area contributed by atoms with Gasteiger partial charge in [-0.05, 0) is 42.1 Å². The maximum atomic E-state index is 5.89. The number of rotatable bonds is 5. The first-order valence-electron chi connectivity index (χ1n) is 6.94. The van der Waals surface area contributed by atoms with Crippen LogP contribution in [0.1, 0.15) is 11.1 Å². The van der Waals surface area contributed by atoms with Gasteiger partial charge in [-0.1, -0.05) is 42.5 Å². The van der Waals surface area contributed by atoms with E-state index in [4.69, 9.17) is 29.2 Å². The van der Waals surface area contributed by atoms with Gasteiger partial charge in [0.15, 0.2) is 0 Å². The van der Waals surface area contributed by atoms with E-state index >= 15 is 0 Å². The van der Waals surface area contributed by atoms with E-state index in [1.807, 2.05) is 54.6 Å². The first kappa shape index (κ1) is 15.4. The second-order valence-electron chi connectivity index (χ2n) is 4.73. The van der Waals surface area contributed by atoms with E-state index in [9.17, 15) is 0 Å². The molecule has 0 fully saturated rings. The number of ether oxygens (including phenoxy) is 1. The monoisotopic (exact) mass is 342 g/mol.